The Morgan fingerprint density at radius 1 is 1.11 bits per heavy atom. The van der Waals surface area contributed by atoms with Crippen molar-refractivity contribution < 1.29 is 0 Å². The van der Waals surface area contributed by atoms with E-state index in [1.54, 1.807) is 0 Å². The number of hydrogen-bond acceptors (Lipinski definition) is 2. The number of nitrogens with zero attached hydrogens (tertiary/aromatic N) is 1. The largest absolute Gasteiger partial charge is 0.326 e. The van der Waals surface area contributed by atoms with Crippen molar-refractivity contribution in [2.45, 2.75) is 90.8 Å². The summed E-state index contributed by atoms with van der Waals surface area (Å²) in [5.74, 6) is 0.955. The van der Waals surface area contributed by atoms with Crippen LogP contribution in [0.2, 0.25) is 0 Å². The molecule has 112 valence electrons. The van der Waals surface area contributed by atoms with Gasteiger partial charge in [0.1, 0.15) is 0 Å². The Hall–Kier alpha value is -0.0800. The molecule has 0 bridgehead atoms. The van der Waals surface area contributed by atoms with Crippen LogP contribution in [0.4, 0.5) is 0 Å². The molecule has 2 fully saturated rings. The monoisotopic (exact) mass is 266 g/mol. The fraction of sp³-hybridized carbons (Fsp3) is 1.00. The Bertz CT molecular complexity index is 279. The number of piperidine rings is 1. The predicted octanol–water partition coefficient (Wildman–Crippen LogP) is 3.79. The van der Waals surface area contributed by atoms with Gasteiger partial charge in [-0.25, -0.2) is 0 Å². The van der Waals surface area contributed by atoms with Crippen LogP contribution >= 0.6 is 0 Å². The second kappa shape index (κ2) is 6.13. The smallest absolute Gasteiger partial charge is 0.0298 e. The zero-order chi connectivity index (χ0) is 14.0. The third kappa shape index (κ3) is 3.33. The molecule has 4 atom stereocenters. The molecule has 0 spiro atoms. The molecule has 2 N–H and O–H groups in total. The van der Waals surface area contributed by atoms with E-state index in [1.165, 1.54) is 45.1 Å². The second-order valence-electron chi connectivity index (χ2n) is 7.87. The lowest BCUT2D eigenvalue weighted by molar-refractivity contribution is -0.0241. The maximum Gasteiger partial charge on any atom is 0.0298 e. The molecule has 1 saturated carbocycles. The fourth-order valence-electron chi connectivity index (χ4n) is 4.62. The van der Waals surface area contributed by atoms with Gasteiger partial charge in [0.2, 0.25) is 0 Å². The molecule has 0 aromatic rings. The van der Waals surface area contributed by atoms with E-state index in [9.17, 15) is 0 Å². The molecule has 1 heterocycles. The van der Waals surface area contributed by atoms with Gasteiger partial charge in [-0.15, -0.1) is 0 Å². The van der Waals surface area contributed by atoms with Crippen LogP contribution in [0.3, 0.4) is 0 Å². The van der Waals surface area contributed by atoms with Crippen molar-refractivity contribution >= 4 is 0 Å². The second-order valence-corrected chi connectivity index (χ2v) is 7.87. The topological polar surface area (TPSA) is 29.3 Å². The van der Waals surface area contributed by atoms with Crippen LogP contribution in [-0.2, 0) is 0 Å². The molecule has 2 aliphatic rings. The Morgan fingerprint density at radius 2 is 1.74 bits per heavy atom. The van der Waals surface area contributed by atoms with Gasteiger partial charge in [-0.2, -0.15) is 0 Å². The van der Waals surface area contributed by atoms with Gasteiger partial charge in [0.05, 0.1) is 0 Å². The average molecular weight is 266 g/mol. The summed E-state index contributed by atoms with van der Waals surface area (Å²) in [4.78, 5) is 2.82. The van der Waals surface area contributed by atoms with Crippen molar-refractivity contribution in [1.82, 2.24) is 4.90 Å². The van der Waals surface area contributed by atoms with Crippen molar-refractivity contribution in [2.75, 3.05) is 6.54 Å². The minimum atomic E-state index is 0.286. The third-order valence-electron chi connectivity index (χ3n) is 5.41. The molecule has 0 aromatic heterocycles. The number of hydrogen-bond donors (Lipinski definition) is 1. The van der Waals surface area contributed by atoms with Crippen molar-refractivity contribution in [3.05, 3.63) is 0 Å². The summed E-state index contributed by atoms with van der Waals surface area (Å²) in [6.45, 7) is 10.6. The van der Waals surface area contributed by atoms with E-state index in [0.717, 1.165) is 18.4 Å². The number of likely N-dealkylation sites (tertiary alicyclic amines) is 1. The van der Waals surface area contributed by atoms with Crippen molar-refractivity contribution in [3.63, 3.8) is 0 Å². The van der Waals surface area contributed by atoms with E-state index in [0.29, 0.717) is 12.1 Å². The molecule has 19 heavy (non-hydrogen) atoms. The molecule has 4 unspecified atom stereocenters. The van der Waals surface area contributed by atoms with E-state index >= 15 is 0 Å². The van der Waals surface area contributed by atoms with Crippen LogP contribution in [0.15, 0.2) is 0 Å². The first-order valence-electron chi connectivity index (χ1n) is 8.46. The molecule has 1 aliphatic heterocycles. The minimum absolute atomic E-state index is 0.286. The van der Waals surface area contributed by atoms with Crippen LogP contribution < -0.4 is 5.73 Å². The predicted molar refractivity (Wildman–Crippen MR) is 83.2 cm³/mol. The van der Waals surface area contributed by atoms with Gasteiger partial charge >= 0.3 is 0 Å². The van der Waals surface area contributed by atoms with Crippen molar-refractivity contribution in [1.29, 1.82) is 0 Å². The molecule has 2 rings (SSSR count). The summed E-state index contributed by atoms with van der Waals surface area (Å²) in [6.07, 6.45) is 9.68. The highest BCUT2D eigenvalue weighted by Crippen LogP contribution is 2.40. The average Bonchev–Trinajstić information content (AvgIpc) is 2.37. The minimum Gasteiger partial charge on any atom is -0.326 e. The Kier molecular flexibility index (Phi) is 4.94. The van der Waals surface area contributed by atoms with Gasteiger partial charge < -0.3 is 5.73 Å². The van der Waals surface area contributed by atoms with Crippen LogP contribution in [0, 0.1) is 11.3 Å². The van der Waals surface area contributed by atoms with Crippen molar-refractivity contribution in [2.24, 2.45) is 17.1 Å². The zero-order valence-electron chi connectivity index (χ0n) is 13.5. The lowest BCUT2D eigenvalue weighted by Crippen LogP contribution is -2.61. The van der Waals surface area contributed by atoms with Crippen LogP contribution in [0.25, 0.3) is 0 Å². The van der Waals surface area contributed by atoms with E-state index in [-0.39, 0.29) is 5.41 Å². The van der Waals surface area contributed by atoms with E-state index in [4.69, 9.17) is 5.73 Å². The summed E-state index contributed by atoms with van der Waals surface area (Å²) >= 11 is 0. The normalized spacial score (nSPS) is 32.7. The standard InChI is InChI=1S/C17H34N2/c1-5-14(18)16(17(2,3)4)19-12-8-10-13-9-6-7-11-15(13)19/h13-16H,5-12,18H2,1-4H3. The summed E-state index contributed by atoms with van der Waals surface area (Å²) in [6, 6.07) is 1.69. The van der Waals surface area contributed by atoms with Gasteiger partial charge in [-0.05, 0) is 50.0 Å². The Balaban J connectivity index is 2.19. The first-order chi connectivity index (χ1) is 8.95. The highest BCUT2D eigenvalue weighted by atomic mass is 15.2. The molecule has 0 aromatic carbocycles. The van der Waals surface area contributed by atoms with Gasteiger partial charge in [0.15, 0.2) is 0 Å². The molecule has 0 amide bonds. The number of rotatable bonds is 3. The van der Waals surface area contributed by atoms with E-state index in [1.807, 2.05) is 0 Å². The molecule has 2 nitrogen and oxygen atoms in total. The molecule has 1 saturated heterocycles. The summed E-state index contributed by atoms with van der Waals surface area (Å²) in [5, 5.41) is 0. The first kappa shape index (κ1) is 15.3. The van der Waals surface area contributed by atoms with Crippen LogP contribution in [-0.4, -0.2) is 29.6 Å². The fourth-order valence-corrected chi connectivity index (χ4v) is 4.62. The maximum atomic E-state index is 6.51. The molecular formula is C17H34N2. The summed E-state index contributed by atoms with van der Waals surface area (Å²) in [5.41, 5.74) is 6.80. The molecule has 1 aliphatic carbocycles. The third-order valence-corrected chi connectivity index (χ3v) is 5.41. The van der Waals surface area contributed by atoms with Gasteiger partial charge in [0.25, 0.3) is 0 Å². The lowest BCUT2D eigenvalue weighted by Gasteiger charge is -2.53. The Morgan fingerprint density at radius 3 is 2.37 bits per heavy atom. The highest BCUT2D eigenvalue weighted by Gasteiger charge is 2.42. The van der Waals surface area contributed by atoms with E-state index < -0.39 is 0 Å². The zero-order valence-corrected chi connectivity index (χ0v) is 13.5. The quantitative estimate of drug-likeness (QED) is 0.842. The van der Waals surface area contributed by atoms with Gasteiger partial charge in [0, 0.05) is 18.1 Å². The lowest BCUT2D eigenvalue weighted by atomic mass is 9.73. The summed E-state index contributed by atoms with van der Waals surface area (Å²) < 4.78 is 0. The van der Waals surface area contributed by atoms with Crippen LogP contribution in [0.5, 0.6) is 0 Å². The number of fused-ring (bicyclic) bond motifs is 1. The van der Waals surface area contributed by atoms with Crippen LogP contribution in [0.1, 0.15) is 72.6 Å². The summed E-state index contributed by atoms with van der Waals surface area (Å²) in [7, 11) is 0. The molecule has 0 radical (unpaired) electrons. The van der Waals surface area contributed by atoms with Crippen molar-refractivity contribution in [3.8, 4) is 0 Å². The number of nitrogens with two attached hydrogens (primary N) is 1. The highest BCUT2D eigenvalue weighted by molar-refractivity contribution is 4.97. The molecule has 2 heteroatoms. The van der Waals surface area contributed by atoms with E-state index in [2.05, 4.69) is 32.6 Å². The molecular weight excluding hydrogens is 232 g/mol. The first-order valence-corrected chi connectivity index (χ1v) is 8.46. The SMILES string of the molecule is CCC(N)C(N1CCCC2CCCCC21)C(C)(C)C. The Labute approximate surface area is 120 Å². The van der Waals surface area contributed by atoms with Gasteiger partial charge in [-0.1, -0.05) is 40.5 Å². The van der Waals surface area contributed by atoms with Gasteiger partial charge in [-0.3, -0.25) is 4.90 Å². The maximum absolute atomic E-state index is 6.51.